The van der Waals surface area contributed by atoms with E-state index in [0.717, 1.165) is 31.8 Å². The van der Waals surface area contributed by atoms with Crippen LogP contribution in [0.5, 0.6) is 0 Å². The number of carbonyl (C=O) groups excluding carboxylic acids is 1. The lowest BCUT2D eigenvalue weighted by Gasteiger charge is -2.12. The van der Waals surface area contributed by atoms with Crippen LogP contribution >= 0.6 is 24.0 Å². The van der Waals surface area contributed by atoms with Gasteiger partial charge in [0.05, 0.1) is 0 Å². The van der Waals surface area contributed by atoms with E-state index < -0.39 is 0 Å². The van der Waals surface area contributed by atoms with Gasteiger partial charge in [-0.3, -0.25) is 14.8 Å². The summed E-state index contributed by atoms with van der Waals surface area (Å²) in [5.74, 6) is 1.24. The third kappa shape index (κ3) is 7.46. The smallest absolute Gasteiger partial charge is 0.223 e. The van der Waals surface area contributed by atoms with Crippen LogP contribution in [-0.4, -0.2) is 43.0 Å². The van der Waals surface area contributed by atoms with Gasteiger partial charge >= 0.3 is 0 Å². The van der Waals surface area contributed by atoms with Gasteiger partial charge in [-0.1, -0.05) is 0 Å². The number of pyridine rings is 1. The van der Waals surface area contributed by atoms with E-state index in [0.29, 0.717) is 19.6 Å². The molecule has 0 atom stereocenters. The van der Waals surface area contributed by atoms with Crippen molar-refractivity contribution in [1.29, 1.82) is 0 Å². The lowest BCUT2D eigenvalue weighted by Crippen LogP contribution is -2.41. The normalized spacial score (nSPS) is 13.8. The molecule has 6 nitrogen and oxygen atoms in total. The molecule has 1 aromatic heterocycles. The van der Waals surface area contributed by atoms with E-state index >= 15 is 0 Å². The quantitative estimate of drug-likeness (QED) is 0.246. The van der Waals surface area contributed by atoms with Crippen molar-refractivity contribution in [3.63, 3.8) is 0 Å². The standard InChI is InChI=1S/C17H27N5O.HI/c1-3-19-17(22-11-10-20-16(23)15-4-5-15)21-9-7-14-6-8-18-12-13(14)2;/h6,8,12,15H,3-5,7,9-11H2,1-2H3,(H,20,23)(H2,19,21,22);1H. The van der Waals surface area contributed by atoms with Gasteiger partial charge in [0.2, 0.25) is 5.91 Å². The summed E-state index contributed by atoms with van der Waals surface area (Å²) < 4.78 is 0. The topological polar surface area (TPSA) is 78.4 Å². The number of nitrogens with one attached hydrogen (secondary N) is 3. The van der Waals surface area contributed by atoms with E-state index in [9.17, 15) is 4.79 Å². The summed E-state index contributed by atoms with van der Waals surface area (Å²) in [4.78, 5) is 20.2. The predicted molar refractivity (Wildman–Crippen MR) is 108 cm³/mol. The van der Waals surface area contributed by atoms with E-state index in [2.05, 4.69) is 32.9 Å². The number of carbonyl (C=O) groups is 1. The Balaban J connectivity index is 0.00000288. The predicted octanol–water partition coefficient (Wildman–Crippen LogP) is 1.63. The number of halogens is 1. The number of amides is 1. The second-order valence-electron chi connectivity index (χ2n) is 5.80. The summed E-state index contributed by atoms with van der Waals surface area (Å²) in [6, 6.07) is 2.04. The zero-order valence-electron chi connectivity index (χ0n) is 14.5. The first-order chi connectivity index (χ1) is 11.2. The first-order valence-electron chi connectivity index (χ1n) is 8.40. The van der Waals surface area contributed by atoms with Crippen LogP contribution in [-0.2, 0) is 11.2 Å². The van der Waals surface area contributed by atoms with Crippen LogP contribution in [0.2, 0.25) is 0 Å². The Kier molecular flexibility index (Phi) is 9.66. The number of guanidine groups is 1. The monoisotopic (exact) mass is 445 g/mol. The van der Waals surface area contributed by atoms with Crippen LogP contribution in [0.1, 0.15) is 30.9 Å². The number of nitrogens with zero attached hydrogens (tertiary/aromatic N) is 2. The zero-order valence-corrected chi connectivity index (χ0v) is 16.8. The van der Waals surface area contributed by atoms with Crippen LogP contribution in [0.25, 0.3) is 0 Å². The third-order valence-corrected chi connectivity index (χ3v) is 3.80. The maximum absolute atomic E-state index is 11.5. The summed E-state index contributed by atoms with van der Waals surface area (Å²) in [5, 5.41) is 9.41. The Morgan fingerprint density at radius 2 is 2.04 bits per heavy atom. The molecule has 0 aromatic carbocycles. The Morgan fingerprint density at radius 3 is 2.71 bits per heavy atom. The molecule has 1 heterocycles. The molecule has 1 aliphatic rings. The molecule has 0 saturated heterocycles. The minimum absolute atomic E-state index is 0. The van der Waals surface area contributed by atoms with Gasteiger partial charge in [-0.25, -0.2) is 0 Å². The second-order valence-corrected chi connectivity index (χ2v) is 5.80. The van der Waals surface area contributed by atoms with E-state index in [1.165, 1.54) is 11.1 Å². The van der Waals surface area contributed by atoms with E-state index in [4.69, 9.17) is 0 Å². The zero-order chi connectivity index (χ0) is 16.5. The molecule has 0 bridgehead atoms. The average Bonchev–Trinajstić information content (AvgIpc) is 3.38. The maximum Gasteiger partial charge on any atom is 0.223 e. The van der Waals surface area contributed by atoms with Crippen molar-refractivity contribution < 1.29 is 4.79 Å². The third-order valence-electron chi connectivity index (χ3n) is 3.80. The number of hydrogen-bond acceptors (Lipinski definition) is 3. The fourth-order valence-electron chi connectivity index (χ4n) is 2.27. The highest BCUT2D eigenvalue weighted by molar-refractivity contribution is 14.0. The molecule has 24 heavy (non-hydrogen) atoms. The van der Waals surface area contributed by atoms with Gasteiger partial charge in [0.1, 0.15) is 0 Å². The van der Waals surface area contributed by atoms with Crippen LogP contribution in [0.15, 0.2) is 23.5 Å². The van der Waals surface area contributed by atoms with E-state index in [1.807, 2.05) is 25.4 Å². The molecule has 1 aliphatic carbocycles. The molecule has 0 aliphatic heterocycles. The fourth-order valence-corrected chi connectivity index (χ4v) is 2.27. The van der Waals surface area contributed by atoms with Crippen LogP contribution < -0.4 is 16.0 Å². The molecule has 1 aromatic rings. The van der Waals surface area contributed by atoms with Crippen LogP contribution in [0, 0.1) is 12.8 Å². The molecular formula is C17H28IN5O. The van der Waals surface area contributed by atoms with Crippen molar-refractivity contribution in [2.45, 2.75) is 33.1 Å². The highest BCUT2D eigenvalue weighted by Gasteiger charge is 2.28. The number of hydrogen-bond donors (Lipinski definition) is 3. The summed E-state index contributed by atoms with van der Waals surface area (Å²) in [7, 11) is 0. The average molecular weight is 445 g/mol. The van der Waals surface area contributed by atoms with Gasteiger partial charge in [-0.05, 0) is 50.3 Å². The Labute approximate surface area is 161 Å². The molecule has 2 rings (SSSR count). The first-order valence-corrected chi connectivity index (χ1v) is 8.40. The van der Waals surface area contributed by atoms with Crippen molar-refractivity contribution in [2.24, 2.45) is 10.9 Å². The maximum atomic E-state index is 11.5. The van der Waals surface area contributed by atoms with Crippen molar-refractivity contribution >= 4 is 35.8 Å². The Morgan fingerprint density at radius 1 is 1.29 bits per heavy atom. The summed E-state index contributed by atoms with van der Waals surface area (Å²) >= 11 is 0. The fraction of sp³-hybridized carbons (Fsp3) is 0.588. The number of rotatable bonds is 8. The SMILES string of the molecule is CCNC(=NCCc1ccncc1C)NCCNC(=O)C1CC1.I. The summed E-state index contributed by atoms with van der Waals surface area (Å²) in [6.07, 6.45) is 6.67. The molecule has 0 radical (unpaired) electrons. The molecular weight excluding hydrogens is 417 g/mol. The molecule has 1 saturated carbocycles. The molecule has 0 spiro atoms. The van der Waals surface area contributed by atoms with Crippen LogP contribution in [0.3, 0.4) is 0 Å². The van der Waals surface area contributed by atoms with E-state index in [1.54, 1.807) is 0 Å². The van der Waals surface area contributed by atoms with Gasteiger partial charge in [-0.15, -0.1) is 24.0 Å². The van der Waals surface area contributed by atoms with Crippen molar-refractivity contribution in [2.75, 3.05) is 26.2 Å². The minimum Gasteiger partial charge on any atom is -0.357 e. The largest absolute Gasteiger partial charge is 0.357 e. The highest BCUT2D eigenvalue weighted by atomic mass is 127. The minimum atomic E-state index is 0. The molecule has 1 fully saturated rings. The number of aryl methyl sites for hydroxylation is 1. The molecule has 134 valence electrons. The number of aliphatic imine (C=N–C) groups is 1. The van der Waals surface area contributed by atoms with Gasteiger partial charge in [0.25, 0.3) is 0 Å². The summed E-state index contributed by atoms with van der Waals surface area (Å²) in [6.45, 7) is 6.95. The molecule has 1 amide bonds. The van der Waals surface area contributed by atoms with Gasteiger partial charge in [0.15, 0.2) is 5.96 Å². The van der Waals surface area contributed by atoms with Gasteiger partial charge in [-0.2, -0.15) is 0 Å². The highest BCUT2D eigenvalue weighted by Crippen LogP contribution is 2.28. The van der Waals surface area contributed by atoms with Crippen molar-refractivity contribution in [3.8, 4) is 0 Å². The van der Waals surface area contributed by atoms with Gasteiger partial charge < -0.3 is 16.0 Å². The summed E-state index contributed by atoms with van der Waals surface area (Å²) in [5.41, 5.74) is 2.47. The first kappa shape index (κ1) is 20.7. The van der Waals surface area contributed by atoms with Gasteiger partial charge in [0, 0.05) is 44.5 Å². The van der Waals surface area contributed by atoms with E-state index in [-0.39, 0.29) is 35.8 Å². The Hall–Kier alpha value is -1.38. The second kappa shape index (κ2) is 11.2. The number of aromatic nitrogens is 1. The Bertz CT molecular complexity index is 546. The molecule has 0 unspecified atom stereocenters. The van der Waals surface area contributed by atoms with Crippen molar-refractivity contribution in [1.82, 2.24) is 20.9 Å². The molecule has 3 N–H and O–H groups in total. The lowest BCUT2D eigenvalue weighted by atomic mass is 10.1. The lowest BCUT2D eigenvalue weighted by molar-refractivity contribution is -0.122. The van der Waals surface area contributed by atoms with Crippen LogP contribution in [0.4, 0.5) is 0 Å². The molecule has 7 heteroatoms. The van der Waals surface area contributed by atoms with Crippen molar-refractivity contribution in [3.05, 3.63) is 29.6 Å².